The number of phenols is 8. The smallest absolute Gasteiger partial charge is 0.323 e. The molecule has 16 heteroatoms. The zero-order valence-electron chi connectivity index (χ0n) is 45.4. The first-order valence-corrected chi connectivity index (χ1v) is 29.4. The topological polar surface area (TPSA) is 221 Å². The maximum absolute atomic E-state index is 14.3. The van der Waals surface area contributed by atoms with Crippen LogP contribution in [0.4, 0.5) is 0 Å². The fourth-order valence-corrected chi connectivity index (χ4v) is 13.7. The van der Waals surface area contributed by atoms with Crippen molar-refractivity contribution in [3.63, 3.8) is 0 Å². The van der Waals surface area contributed by atoms with Gasteiger partial charge in [-0.15, -0.1) is 0 Å². The Morgan fingerprint density at radius 3 is 0.646 bits per heavy atom. The third kappa shape index (κ3) is 12.3. The van der Waals surface area contributed by atoms with Crippen molar-refractivity contribution in [2.45, 2.75) is 76.8 Å². The Morgan fingerprint density at radius 2 is 0.476 bits per heavy atom. The number of phenolic OH excluding ortho intramolecular Hbond substituents is 8. The molecule has 2 heterocycles. The van der Waals surface area contributed by atoms with Gasteiger partial charge in [0.2, 0.25) is 0 Å². The van der Waals surface area contributed by atoms with Crippen LogP contribution < -0.4 is 0 Å². The van der Waals surface area contributed by atoms with Gasteiger partial charge in [-0.05, 0) is 66.8 Å². The molecule has 82 heavy (non-hydrogen) atoms. The molecule has 0 unspecified atom stereocenters. The fourth-order valence-electron chi connectivity index (χ4n) is 11.2. The van der Waals surface area contributed by atoms with Crippen molar-refractivity contribution in [3.8, 4) is 46.0 Å². The summed E-state index contributed by atoms with van der Waals surface area (Å²) >= 11 is 0. The number of nitrogens with zero attached hydrogens (tertiary/aromatic N) is 2. The number of aromatic hydroxyl groups is 8. The van der Waals surface area contributed by atoms with Crippen molar-refractivity contribution in [2.24, 2.45) is 0 Å². The normalized spacial score (nSPS) is 17.9. The molecule has 0 aromatic heterocycles. The highest BCUT2D eigenvalue weighted by atomic mass is 33.1. The minimum atomic E-state index is -1.00. The molecule has 0 amide bonds. The molecule has 422 valence electrons. The average Bonchev–Trinajstić information content (AvgIpc) is 3.52. The lowest BCUT2D eigenvalue weighted by Crippen LogP contribution is -2.43. The molecule has 0 aliphatic carbocycles. The molecule has 0 radical (unpaired) electrons. The second kappa shape index (κ2) is 25.2. The summed E-state index contributed by atoms with van der Waals surface area (Å²) in [5.41, 5.74) is 8.05. The van der Waals surface area contributed by atoms with E-state index in [1.807, 2.05) is 34.1 Å². The van der Waals surface area contributed by atoms with Crippen LogP contribution in [0.15, 0.2) is 146 Å². The number of ether oxygens (including phenoxy) is 2. The highest BCUT2D eigenvalue weighted by molar-refractivity contribution is 8.76. The zero-order chi connectivity index (χ0) is 57.6. The van der Waals surface area contributed by atoms with Gasteiger partial charge in [-0.3, -0.25) is 19.4 Å². The van der Waals surface area contributed by atoms with Crippen LogP contribution in [0.2, 0.25) is 0 Å². The van der Waals surface area contributed by atoms with Gasteiger partial charge in [-0.2, -0.15) is 0 Å². The van der Waals surface area contributed by atoms with Crippen LogP contribution in [0.3, 0.4) is 0 Å². The largest absolute Gasteiger partial charge is 0.507 e. The predicted octanol–water partition coefficient (Wildman–Crippen LogP) is 10.7. The lowest BCUT2D eigenvalue weighted by atomic mass is 9.93. The van der Waals surface area contributed by atoms with E-state index in [1.165, 1.54) is 35.8 Å². The number of esters is 2. The Morgan fingerprint density at radius 1 is 0.317 bits per heavy atom. The van der Waals surface area contributed by atoms with Crippen LogP contribution in [0.1, 0.15) is 89.0 Å². The molecule has 18 bridgehead atoms. The molecular weight excluding hydrogens is 1080 g/mol. The van der Waals surface area contributed by atoms with Gasteiger partial charge >= 0.3 is 11.9 Å². The number of fused-ring (bicyclic) bond motifs is 23. The van der Waals surface area contributed by atoms with Crippen molar-refractivity contribution < 1.29 is 59.9 Å². The van der Waals surface area contributed by atoms with Crippen LogP contribution in [0, 0.1) is 0 Å². The minimum absolute atomic E-state index is 0.00263. The summed E-state index contributed by atoms with van der Waals surface area (Å²) in [6, 6.07) is 40.7. The van der Waals surface area contributed by atoms with Gasteiger partial charge < -0.3 is 50.3 Å². The van der Waals surface area contributed by atoms with Crippen molar-refractivity contribution >= 4 is 33.5 Å². The Kier molecular flexibility index (Phi) is 17.5. The second-order valence-corrected chi connectivity index (χ2v) is 23.5. The molecule has 0 fully saturated rings. The van der Waals surface area contributed by atoms with Crippen molar-refractivity contribution in [2.75, 3.05) is 25.7 Å². The van der Waals surface area contributed by atoms with Gasteiger partial charge in [-0.1, -0.05) is 167 Å². The summed E-state index contributed by atoms with van der Waals surface area (Å²) in [5.74, 6) is -1.26. The van der Waals surface area contributed by atoms with E-state index in [9.17, 15) is 50.4 Å². The summed E-state index contributed by atoms with van der Waals surface area (Å²) in [6.45, 7) is -0.0693. The maximum Gasteiger partial charge on any atom is 0.323 e. The number of carbonyl (C=O) groups excluding carboxylic acids is 2. The number of methoxy groups -OCH3 is 2. The quantitative estimate of drug-likeness (QED) is 0.0596. The Bertz CT molecular complexity index is 3230. The number of hydrogen-bond donors (Lipinski definition) is 8. The number of para-hydroxylation sites is 8. The minimum Gasteiger partial charge on any atom is -0.507 e. The number of rotatable bonds is 2. The first kappa shape index (κ1) is 57.0. The predicted molar refractivity (Wildman–Crippen MR) is 317 cm³/mol. The van der Waals surface area contributed by atoms with Crippen LogP contribution in [0.5, 0.6) is 46.0 Å². The summed E-state index contributed by atoms with van der Waals surface area (Å²) in [7, 11) is 5.19. The molecule has 2 aliphatic heterocycles. The van der Waals surface area contributed by atoms with Crippen molar-refractivity contribution in [1.82, 2.24) is 9.80 Å². The van der Waals surface area contributed by atoms with Crippen LogP contribution in [-0.2, 0) is 83.8 Å². The summed E-state index contributed by atoms with van der Waals surface area (Å²) in [6.07, 6.45) is 0.821. The fraction of sp³-hybridized carbons (Fsp3) is 0.242. The molecule has 8 N–H and O–H groups in total. The summed E-state index contributed by atoms with van der Waals surface area (Å²) in [4.78, 5) is 32.2. The van der Waals surface area contributed by atoms with Crippen LogP contribution in [0.25, 0.3) is 0 Å². The van der Waals surface area contributed by atoms with E-state index in [4.69, 9.17) is 9.47 Å². The van der Waals surface area contributed by atoms with Crippen molar-refractivity contribution in [3.05, 3.63) is 235 Å². The number of hydrogen-bond acceptors (Lipinski definition) is 16. The summed E-state index contributed by atoms with van der Waals surface area (Å²) < 4.78 is 11.0. The van der Waals surface area contributed by atoms with Gasteiger partial charge in [0, 0.05) is 98.5 Å². The Balaban J connectivity index is 1.15. The van der Waals surface area contributed by atoms with E-state index in [-0.39, 0.29) is 122 Å². The Hall–Kier alpha value is -8.28. The zero-order valence-corrected chi connectivity index (χ0v) is 47.1. The molecule has 2 aliphatic rings. The molecule has 10 rings (SSSR count). The van der Waals surface area contributed by atoms with E-state index >= 15 is 0 Å². The van der Waals surface area contributed by atoms with Crippen molar-refractivity contribution in [1.29, 1.82) is 0 Å². The van der Waals surface area contributed by atoms with E-state index < -0.39 is 24.0 Å². The average molecular weight is 1140 g/mol. The first-order chi connectivity index (χ1) is 39.7. The highest BCUT2D eigenvalue weighted by Gasteiger charge is 2.33. The Labute approximate surface area is 483 Å². The van der Waals surface area contributed by atoms with Gasteiger partial charge in [0.25, 0.3) is 0 Å². The monoisotopic (exact) mass is 1140 g/mol. The second-order valence-electron chi connectivity index (χ2n) is 20.9. The number of benzene rings is 8. The third-order valence-corrected chi connectivity index (χ3v) is 18.2. The molecule has 2 atom stereocenters. The standard InChI is InChI=1S/C66H64N2O12S2/c1-79-65(77)55-37-81-82-38-56(66(78)80-2)68-35-53-25-9-21-49(63(53)75)31-45-17-5-13-41(59(45)71)27-39-11-3-15-43(57(39)69)29-47-19-7-23-51(61(47)73)33-67(55)34-52-24-8-20-48(62(52)74)30-44-16-4-12-40(58(44)70)28-42-14-6-18-46(60(42)72)32-50-22-10-26-54(36-68)64(50)76/h3-26,55-56,69-76H,27-38H2,1-2H3/t55-,56-/m1/s1. The van der Waals surface area contributed by atoms with Crippen LogP contribution in [-0.4, -0.2) is 100 Å². The highest BCUT2D eigenvalue weighted by Crippen LogP contribution is 2.40. The molecule has 0 spiro atoms. The van der Waals surface area contributed by atoms with E-state index in [1.54, 1.807) is 121 Å². The van der Waals surface area contributed by atoms with Gasteiger partial charge in [0.15, 0.2) is 0 Å². The molecular formula is C66H64N2O12S2. The molecule has 8 aromatic carbocycles. The first-order valence-electron chi connectivity index (χ1n) is 27.0. The molecule has 0 saturated carbocycles. The van der Waals surface area contributed by atoms with Gasteiger partial charge in [-0.25, -0.2) is 0 Å². The van der Waals surface area contributed by atoms with Crippen LogP contribution >= 0.6 is 21.6 Å². The van der Waals surface area contributed by atoms with Gasteiger partial charge in [0.05, 0.1) is 14.2 Å². The van der Waals surface area contributed by atoms with E-state index in [0.717, 1.165) is 0 Å². The van der Waals surface area contributed by atoms with Gasteiger partial charge in [0.1, 0.15) is 58.1 Å². The maximum atomic E-state index is 14.3. The number of carbonyl (C=O) groups is 2. The SMILES string of the molecule is COC(=O)[C@H]1CSSC[C@H](C(=O)OC)N2Cc3cccc(c3O)Cc3cccc(c3O)Cc3cccc(c3O)Cc3cccc(c3O)CN1Cc1cccc(c1O)Cc1cccc(c1O)Cc1cccc(c1O)Cc1cccc(c1O)C2. The lowest BCUT2D eigenvalue weighted by molar-refractivity contribution is -0.147. The third-order valence-electron chi connectivity index (χ3n) is 15.8. The molecule has 0 saturated heterocycles. The molecule has 8 aromatic rings. The van der Waals surface area contributed by atoms with E-state index in [0.29, 0.717) is 89.0 Å². The van der Waals surface area contributed by atoms with E-state index in [2.05, 4.69) is 0 Å². The molecule has 14 nitrogen and oxygen atoms in total. The lowest BCUT2D eigenvalue weighted by Gasteiger charge is -2.32. The summed E-state index contributed by atoms with van der Waals surface area (Å²) in [5, 5.41) is 96.1.